The van der Waals surface area contributed by atoms with Gasteiger partial charge >= 0.3 is 0 Å². The Bertz CT molecular complexity index is 1440. The monoisotopic (exact) mass is 540 g/mol. The Labute approximate surface area is 222 Å². The highest BCUT2D eigenvalue weighted by Gasteiger charge is 2.49. The lowest BCUT2D eigenvalue weighted by Crippen LogP contribution is -2.61. The number of thiazole rings is 1. The van der Waals surface area contributed by atoms with Gasteiger partial charge in [-0.05, 0) is 56.0 Å². The number of aryl methyl sites for hydroxylation is 1. The van der Waals surface area contributed by atoms with Crippen molar-refractivity contribution >= 4 is 33.7 Å². The van der Waals surface area contributed by atoms with E-state index >= 15 is 0 Å². The minimum atomic E-state index is -0.421. The second-order valence-corrected chi connectivity index (χ2v) is 12.0. The molecule has 0 atom stereocenters. The zero-order valence-electron chi connectivity index (χ0n) is 20.4. The first-order valence-electron chi connectivity index (χ1n) is 12.6. The van der Waals surface area contributed by atoms with Crippen LogP contribution in [0.4, 0.5) is 4.39 Å². The second-order valence-electron chi connectivity index (χ2n) is 10.1. The van der Waals surface area contributed by atoms with Gasteiger partial charge in [-0.2, -0.15) is 11.3 Å². The number of ether oxygens (including phenoxy) is 1. The molecule has 7 nitrogen and oxygen atoms in total. The topological polar surface area (TPSA) is 89.3 Å². The largest absolute Gasteiger partial charge is 0.395 e. The Morgan fingerprint density at radius 2 is 2.03 bits per heavy atom. The summed E-state index contributed by atoms with van der Waals surface area (Å²) in [5.41, 5.74) is 2.11. The molecule has 3 fully saturated rings. The van der Waals surface area contributed by atoms with Crippen molar-refractivity contribution in [1.82, 2.24) is 19.9 Å². The maximum absolute atomic E-state index is 15.0. The summed E-state index contributed by atoms with van der Waals surface area (Å²) in [5, 5.41) is 18.5. The summed E-state index contributed by atoms with van der Waals surface area (Å²) in [7, 11) is 0. The van der Waals surface area contributed by atoms with Crippen LogP contribution in [0.5, 0.6) is 0 Å². The second kappa shape index (κ2) is 9.99. The van der Waals surface area contributed by atoms with Crippen LogP contribution in [0.15, 0.2) is 46.1 Å². The number of fused-ring (bicyclic) bond motifs is 4. The van der Waals surface area contributed by atoms with Crippen LogP contribution in [0.25, 0.3) is 21.6 Å². The molecule has 0 radical (unpaired) electrons. The summed E-state index contributed by atoms with van der Waals surface area (Å²) >= 11 is 3.41. The first-order chi connectivity index (χ1) is 18.0. The quantitative estimate of drug-likeness (QED) is 0.325. The van der Waals surface area contributed by atoms with Gasteiger partial charge in [-0.1, -0.05) is 0 Å². The summed E-state index contributed by atoms with van der Waals surface area (Å²) < 4.78 is 22.9. The Kier molecular flexibility index (Phi) is 6.70. The van der Waals surface area contributed by atoms with Crippen LogP contribution in [0.2, 0.25) is 0 Å². The number of aromatic nitrogens is 3. The summed E-state index contributed by atoms with van der Waals surface area (Å²) in [5.74, 6) is -0.421. The van der Waals surface area contributed by atoms with E-state index in [0.29, 0.717) is 36.0 Å². The normalized spacial score (nSPS) is 23.2. The third-order valence-corrected chi connectivity index (χ3v) is 9.67. The Morgan fingerprint density at radius 1 is 1.16 bits per heavy atom. The van der Waals surface area contributed by atoms with Gasteiger partial charge in [-0.25, -0.2) is 9.37 Å². The van der Waals surface area contributed by atoms with E-state index in [4.69, 9.17) is 4.74 Å². The molecule has 3 aliphatic rings. The molecule has 10 heteroatoms. The molecule has 0 aromatic carbocycles. The summed E-state index contributed by atoms with van der Waals surface area (Å²) in [6.45, 7) is 1.32. The minimum Gasteiger partial charge on any atom is -0.395 e. The highest BCUT2D eigenvalue weighted by molar-refractivity contribution is 7.15. The lowest BCUT2D eigenvalue weighted by Gasteiger charge is -2.53. The molecule has 0 amide bonds. The van der Waals surface area contributed by atoms with Crippen LogP contribution in [0.1, 0.15) is 42.5 Å². The zero-order chi connectivity index (χ0) is 25.5. The van der Waals surface area contributed by atoms with Crippen LogP contribution < -0.4 is 10.9 Å². The molecule has 7 rings (SSSR count). The number of aliphatic hydroxyl groups excluding tert-OH is 1. The van der Waals surface area contributed by atoms with Gasteiger partial charge in [0.2, 0.25) is 0 Å². The molecule has 1 aliphatic carbocycles. The Morgan fingerprint density at radius 3 is 2.76 bits per heavy atom. The van der Waals surface area contributed by atoms with Crippen LogP contribution in [-0.2, 0) is 24.2 Å². The minimum absolute atomic E-state index is 0.0372. The number of hydrogen-bond acceptors (Lipinski definition) is 8. The van der Waals surface area contributed by atoms with Gasteiger partial charge in [0.1, 0.15) is 10.8 Å². The van der Waals surface area contributed by atoms with Crippen LogP contribution >= 0.6 is 22.7 Å². The van der Waals surface area contributed by atoms with E-state index in [-0.39, 0.29) is 29.9 Å². The summed E-state index contributed by atoms with van der Waals surface area (Å²) in [6.07, 6.45) is 8.17. The van der Waals surface area contributed by atoms with Gasteiger partial charge < -0.3 is 19.7 Å². The van der Waals surface area contributed by atoms with E-state index < -0.39 is 5.82 Å². The molecular weight excluding hydrogens is 511 g/mol. The SMILES string of the molecule is O=c1ccc2ncc(F)c(CCC34CCC(NCc5cnc(-c6ccsc6)s5)(CC3)CO4)c2n1CCO. The van der Waals surface area contributed by atoms with Crippen LogP contribution in [-0.4, -0.2) is 44.0 Å². The molecule has 1 saturated carbocycles. The predicted molar refractivity (Wildman–Crippen MR) is 144 cm³/mol. The summed E-state index contributed by atoms with van der Waals surface area (Å²) in [6, 6.07) is 5.14. The molecule has 0 spiro atoms. The van der Waals surface area contributed by atoms with Crippen molar-refractivity contribution in [2.24, 2.45) is 0 Å². The van der Waals surface area contributed by atoms with E-state index in [9.17, 15) is 14.3 Å². The Hall–Kier alpha value is -2.50. The van der Waals surface area contributed by atoms with Crippen molar-refractivity contribution in [3.05, 3.63) is 68.0 Å². The van der Waals surface area contributed by atoms with E-state index in [2.05, 4.69) is 32.1 Å². The Balaban J connectivity index is 1.12. The molecule has 6 heterocycles. The van der Waals surface area contributed by atoms with Gasteiger partial charge in [0, 0.05) is 52.3 Å². The van der Waals surface area contributed by atoms with Gasteiger partial charge in [0.05, 0.1) is 36.0 Å². The maximum Gasteiger partial charge on any atom is 0.251 e. The lowest BCUT2D eigenvalue weighted by atomic mass is 9.69. The number of hydrogen-bond donors (Lipinski definition) is 2. The molecule has 2 aliphatic heterocycles. The number of halogens is 1. The highest BCUT2D eigenvalue weighted by Crippen LogP contribution is 2.46. The number of pyridine rings is 2. The average Bonchev–Trinajstić information content (AvgIpc) is 3.62. The van der Waals surface area contributed by atoms with Crippen molar-refractivity contribution in [2.45, 2.75) is 62.8 Å². The predicted octanol–water partition coefficient (Wildman–Crippen LogP) is 4.52. The molecule has 2 saturated heterocycles. The number of aliphatic hydroxyl groups is 1. The van der Waals surface area contributed by atoms with Crippen molar-refractivity contribution < 1.29 is 14.2 Å². The van der Waals surface area contributed by atoms with Crippen molar-refractivity contribution in [3.63, 3.8) is 0 Å². The molecule has 2 bridgehead atoms. The van der Waals surface area contributed by atoms with E-state index in [0.717, 1.165) is 37.2 Å². The number of rotatable bonds is 9. The molecule has 4 aromatic rings. The van der Waals surface area contributed by atoms with Crippen LogP contribution in [0.3, 0.4) is 0 Å². The fourth-order valence-corrected chi connectivity index (χ4v) is 7.28. The fourth-order valence-electron chi connectivity index (χ4n) is 5.72. The van der Waals surface area contributed by atoms with E-state index in [1.54, 1.807) is 28.7 Å². The third kappa shape index (κ3) is 4.77. The standard InChI is InChI=1S/C27H29FN4O3S2/c28-21-15-29-22-1-2-23(34)32(10-11-33)24(22)20(21)3-5-27-8-6-26(7-9-27,17-35-27)31-14-19-13-30-25(37-19)18-4-12-36-16-18/h1-2,4,12-13,15-16,31,33H,3,5-11,14,17H2. The van der Waals surface area contributed by atoms with Crippen molar-refractivity contribution in [2.75, 3.05) is 13.2 Å². The fraction of sp³-hybridized carbons (Fsp3) is 0.444. The highest BCUT2D eigenvalue weighted by atomic mass is 32.1. The first kappa shape index (κ1) is 24.8. The van der Waals surface area contributed by atoms with Gasteiger partial charge in [-0.15, -0.1) is 11.3 Å². The van der Waals surface area contributed by atoms with Gasteiger partial charge in [0.25, 0.3) is 5.56 Å². The average molecular weight is 541 g/mol. The smallest absolute Gasteiger partial charge is 0.251 e. The third-order valence-electron chi connectivity index (χ3n) is 7.94. The van der Waals surface area contributed by atoms with E-state index in [1.165, 1.54) is 27.3 Å². The number of nitrogens with one attached hydrogen (secondary N) is 1. The molecule has 4 aromatic heterocycles. The number of thiophene rings is 1. The molecule has 0 unspecified atom stereocenters. The molecule has 2 N–H and O–H groups in total. The maximum atomic E-state index is 15.0. The van der Waals surface area contributed by atoms with Crippen molar-refractivity contribution in [3.8, 4) is 10.6 Å². The zero-order valence-corrected chi connectivity index (χ0v) is 22.0. The first-order valence-corrected chi connectivity index (χ1v) is 14.4. The number of nitrogens with zero attached hydrogens (tertiary/aromatic N) is 3. The molecule has 37 heavy (non-hydrogen) atoms. The van der Waals surface area contributed by atoms with Gasteiger partial charge in [0.15, 0.2) is 0 Å². The van der Waals surface area contributed by atoms with Gasteiger partial charge in [-0.3, -0.25) is 9.78 Å². The lowest BCUT2D eigenvalue weighted by molar-refractivity contribution is -0.165. The van der Waals surface area contributed by atoms with Crippen molar-refractivity contribution in [1.29, 1.82) is 0 Å². The summed E-state index contributed by atoms with van der Waals surface area (Å²) in [4.78, 5) is 22.4. The molecule has 194 valence electrons. The van der Waals surface area contributed by atoms with Crippen LogP contribution in [0, 0.1) is 5.82 Å². The van der Waals surface area contributed by atoms with E-state index in [1.807, 2.05) is 6.20 Å². The molecular formula is C27H29FN4O3S2.